The number of hydrogen-bond acceptors (Lipinski definition) is 2. The molecule has 3 heteroatoms. The van der Waals surface area contributed by atoms with Crippen LogP contribution in [0, 0.1) is 0 Å². The highest BCUT2D eigenvalue weighted by Gasteiger charge is 2.52. The van der Waals surface area contributed by atoms with Gasteiger partial charge in [0.05, 0.1) is 16.5 Å². The summed E-state index contributed by atoms with van der Waals surface area (Å²) in [5, 5.41) is 0.670. The predicted octanol–water partition coefficient (Wildman–Crippen LogP) is 19.7. The first kappa shape index (κ1) is 45.0. The molecule has 0 N–H and O–H groups in total. The van der Waals surface area contributed by atoms with Crippen LogP contribution in [0.3, 0.4) is 0 Å². The topological polar surface area (TPSA) is 6.48 Å². The van der Waals surface area contributed by atoms with Crippen molar-refractivity contribution in [2.75, 3.05) is 9.80 Å². The van der Waals surface area contributed by atoms with Crippen molar-refractivity contribution in [2.24, 2.45) is 0 Å². The SMILES string of the molecule is Clc1cccc(N(c2ccc(-c3ccccc3)c(N(c3ccccc3)c3ccc4c(c3)-c3ccccc3C4(c3ccccc3)c3ccccc3)c2)c2ccc3c(c2)C2(c4ccccc4-c4ccccc42)c2ccccc2-3)c1. The number of benzene rings is 12. The number of para-hydroxylation sites is 1. The van der Waals surface area contributed by atoms with Gasteiger partial charge in [0.2, 0.25) is 0 Å². The van der Waals surface area contributed by atoms with Crippen molar-refractivity contribution in [3.8, 4) is 44.5 Å². The average Bonchev–Trinajstić information content (AvgIpc) is 4.21. The molecule has 0 fully saturated rings. The van der Waals surface area contributed by atoms with Crippen molar-refractivity contribution in [3.63, 3.8) is 0 Å². The predicted molar refractivity (Wildman–Crippen MR) is 320 cm³/mol. The van der Waals surface area contributed by atoms with E-state index in [0.717, 1.165) is 45.3 Å². The molecule has 0 aliphatic heterocycles. The number of nitrogens with zero attached hydrogens (tertiary/aromatic N) is 2. The van der Waals surface area contributed by atoms with E-state index < -0.39 is 10.8 Å². The van der Waals surface area contributed by atoms with E-state index in [1.807, 2.05) is 6.07 Å². The minimum absolute atomic E-state index is 0.508. The van der Waals surface area contributed by atoms with Gasteiger partial charge in [-0.3, -0.25) is 0 Å². The van der Waals surface area contributed by atoms with Gasteiger partial charge in [-0.15, -0.1) is 0 Å². The van der Waals surface area contributed by atoms with Gasteiger partial charge in [-0.25, -0.2) is 0 Å². The summed E-state index contributed by atoms with van der Waals surface area (Å²) in [5.41, 5.74) is 25.1. The molecule has 77 heavy (non-hydrogen) atoms. The highest BCUT2D eigenvalue weighted by molar-refractivity contribution is 6.31. The van der Waals surface area contributed by atoms with Gasteiger partial charge < -0.3 is 9.80 Å². The molecular weight excluding hydrogens is 952 g/mol. The van der Waals surface area contributed by atoms with Gasteiger partial charge in [0.15, 0.2) is 0 Å². The standard InChI is InChI=1S/C74H49ClN2/c75-53-28-21-31-55(46-53)76(57-41-44-64-62-34-15-20-39-69(62)74(71(64)48-57)67-37-18-13-32-60(67)61-33-14-19-38-68(61)74)58-40-43-59(50-22-5-1-6-23-50)72(49-58)77(54-29-11-4-12-30-54)56-42-45-70-65(47-56)63-35-16-17-36-66(63)73(70,51-24-7-2-8-25-51)52-26-9-3-10-27-52/h1-49H. The van der Waals surface area contributed by atoms with Crippen LogP contribution in [0.25, 0.3) is 44.5 Å². The molecule has 12 aromatic rings. The minimum Gasteiger partial charge on any atom is -0.310 e. The smallest absolute Gasteiger partial charge is 0.0726 e. The summed E-state index contributed by atoms with van der Waals surface area (Å²) in [5.74, 6) is 0. The van der Waals surface area contributed by atoms with Crippen LogP contribution in [-0.2, 0) is 10.8 Å². The van der Waals surface area contributed by atoms with E-state index in [4.69, 9.17) is 11.6 Å². The molecule has 0 heterocycles. The largest absolute Gasteiger partial charge is 0.310 e. The Kier molecular flexibility index (Phi) is 10.4. The molecule has 1 spiro atoms. The number of hydrogen-bond donors (Lipinski definition) is 0. The number of fused-ring (bicyclic) bond motifs is 13. The van der Waals surface area contributed by atoms with Crippen LogP contribution in [0.2, 0.25) is 5.02 Å². The lowest BCUT2D eigenvalue weighted by molar-refractivity contribution is 0.768. The van der Waals surface area contributed by atoms with Crippen molar-refractivity contribution in [3.05, 3.63) is 347 Å². The summed E-state index contributed by atoms with van der Waals surface area (Å²) in [7, 11) is 0. The maximum absolute atomic E-state index is 7.02. The Bertz CT molecular complexity index is 4140. The lowest BCUT2D eigenvalue weighted by atomic mass is 9.68. The Labute approximate surface area is 455 Å². The van der Waals surface area contributed by atoms with E-state index in [0.29, 0.717) is 5.02 Å². The van der Waals surface area contributed by atoms with E-state index in [2.05, 4.69) is 301 Å². The maximum atomic E-state index is 7.02. The molecule has 12 aromatic carbocycles. The van der Waals surface area contributed by atoms with Crippen molar-refractivity contribution in [1.29, 1.82) is 0 Å². The van der Waals surface area contributed by atoms with Gasteiger partial charge in [0, 0.05) is 39.0 Å². The zero-order chi connectivity index (χ0) is 51.1. The molecular formula is C74H49ClN2. The molecule has 2 nitrogen and oxygen atoms in total. The van der Waals surface area contributed by atoms with Gasteiger partial charge in [-0.1, -0.05) is 242 Å². The van der Waals surface area contributed by atoms with Crippen molar-refractivity contribution < 1.29 is 0 Å². The number of anilines is 6. The number of rotatable bonds is 9. The van der Waals surface area contributed by atoms with Gasteiger partial charge >= 0.3 is 0 Å². The minimum atomic E-state index is -0.518. The zero-order valence-electron chi connectivity index (χ0n) is 42.1. The summed E-state index contributed by atoms with van der Waals surface area (Å²) >= 11 is 7.02. The molecule has 0 radical (unpaired) electrons. The molecule has 0 saturated heterocycles. The molecule has 362 valence electrons. The van der Waals surface area contributed by atoms with Gasteiger partial charge in [-0.05, 0) is 150 Å². The molecule has 0 aromatic heterocycles. The third kappa shape index (κ3) is 6.69. The Morgan fingerprint density at radius 1 is 0.234 bits per heavy atom. The third-order valence-electron chi connectivity index (χ3n) is 16.6. The van der Waals surface area contributed by atoms with Crippen molar-refractivity contribution in [1.82, 2.24) is 0 Å². The molecule has 0 atom stereocenters. The van der Waals surface area contributed by atoms with Gasteiger partial charge in [0.1, 0.15) is 0 Å². The van der Waals surface area contributed by atoms with E-state index in [1.54, 1.807) is 0 Å². The Morgan fingerprint density at radius 3 is 1.21 bits per heavy atom. The van der Waals surface area contributed by atoms with Crippen LogP contribution in [0.4, 0.5) is 34.1 Å². The van der Waals surface area contributed by atoms with Crippen molar-refractivity contribution >= 4 is 45.7 Å². The van der Waals surface area contributed by atoms with Crippen LogP contribution in [0.5, 0.6) is 0 Å². The summed E-state index contributed by atoms with van der Waals surface area (Å²) in [6.07, 6.45) is 0. The van der Waals surface area contributed by atoms with E-state index in [1.165, 1.54) is 77.9 Å². The second-order valence-electron chi connectivity index (χ2n) is 20.4. The summed E-state index contributed by atoms with van der Waals surface area (Å²) < 4.78 is 0. The summed E-state index contributed by atoms with van der Waals surface area (Å²) in [6.45, 7) is 0. The van der Waals surface area contributed by atoms with Crippen LogP contribution in [-0.4, -0.2) is 0 Å². The molecule has 0 amide bonds. The fourth-order valence-electron chi connectivity index (χ4n) is 13.6. The normalized spacial score (nSPS) is 13.5. The van der Waals surface area contributed by atoms with E-state index in [-0.39, 0.29) is 0 Å². The third-order valence-corrected chi connectivity index (χ3v) is 16.8. The second-order valence-corrected chi connectivity index (χ2v) is 20.9. The highest BCUT2D eigenvalue weighted by atomic mass is 35.5. The quantitative estimate of drug-likeness (QED) is 0.142. The molecule has 0 bridgehead atoms. The molecule has 3 aliphatic rings. The lowest BCUT2D eigenvalue weighted by Crippen LogP contribution is -2.28. The van der Waals surface area contributed by atoms with E-state index in [9.17, 15) is 0 Å². The first-order valence-corrected chi connectivity index (χ1v) is 26.9. The van der Waals surface area contributed by atoms with Crippen LogP contribution in [0.1, 0.15) is 44.5 Å². The Morgan fingerprint density at radius 2 is 0.636 bits per heavy atom. The Hall–Kier alpha value is -9.47. The number of halogens is 1. The first-order chi connectivity index (χ1) is 38.1. The van der Waals surface area contributed by atoms with Gasteiger partial charge in [0.25, 0.3) is 0 Å². The van der Waals surface area contributed by atoms with E-state index >= 15 is 0 Å². The van der Waals surface area contributed by atoms with Gasteiger partial charge in [-0.2, -0.15) is 0 Å². The van der Waals surface area contributed by atoms with Crippen LogP contribution >= 0.6 is 11.6 Å². The summed E-state index contributed by atoms with van der Waals surface area (Å²) in [4.78, 5) is 4.85. The fourth-order valence-corrected chi connectivity index (χ4v) is 13.8. The first-order valence-electron chi connectivity index (χ1n) is 26.5. The maximum Gasteiger partial charge on any atom is 0.0726 e. The fraction of sp³-hybridized carbons (Fsp3) is 0.0270. The monoisotopic (exact) mass is 1000 g/mol. The average molecular weight is 1000 g/mol. The van der Waals surface area contributed by atoms with Crippen molar-refractivity contribution in [2.45, 2.75) is 10.8 Å². The molecule has 3 aliphatic carbocycles. The Balaban J connectivity index is 0.970. The molecule has 0 saturated carbocycles. The van der Waals surface area contributed by atoms with Crippen LogP contribution < -0.4 is 9.80 Å². The van der Waals surface area contributed by atoms with Crippen LogP contribution in [0.15, 0.2) is 297 Å². The molecule has 15 rings (SSSR count). The zero-order valence-corrected chi connectivity index (χ0v) is 42.8. The lowest BCUT2D eigenvalue weighted by Gasteiger charge is -2.34. The summed E-state index contributed by atoms with van der Waals surface area (Å²) in [6, 6.07) is 109. The highest BCUT2D eigenvalue weighted by Crippen LogP contribution is 2.64. The second kappa shape index (κ2) is 17.8. The molecule has 0 unspecified atom stereocenters.